The van der Waals surface area contributed by atoms with Crippen LogP contribution < -0.4 is 14.8 Å². The van der Waals surface area contributed by atoms with Crippen LogP contribution in [0.2, 0.25) is 5.02 Å². The Balaban J connectivity index is 1.19. The third kappa shape index (κ3) is 7.72. The molecule has 0 aliphatic carbocycles. The van der Waals surface area contributed by atoms with Gasteiger partial charge in [-0.2, -0.15) is 8.42 Å². The molecule has 10 nitrogen and oxygen atoms in total. The number of methoxy groups -OCH3 is 1. The summed E-state index contributed by atoms with van der Waals surface area (Å²) >= 11 is 7.89. The average molecular weight is 690 g/mol. The highest BCUT2D eigenvalue weighted by Gasteiger charge is 2.16. The second-order valence-corrected chi connectivity index (χ2v) is 12.3. The maximum atomic E-state index is 13.5. The number of fused-ring (bicyclic) bond motifs is 1. The highest BCUT2D eigenvalue weighted by atomic mass is 35.5. The number of ether oxygens (including phenoxy) is 3. The van der Waals surface area contributed by atoms with E-state index in [0.29, 0.717) is 66.5 Å². The van der Waals surface area contributed by atoms with Gasteiger partial charge >= 0.3 is 0 Å². The molecule has 0 bridgehead atoms. The van der Waals surface area contributed by atoms with Crippen molar-refractivity contribution in [2.45, 2.75) is 13.2 Å². The van der Waals surface area contributed by atoms with E-state index < -0.39 is 10.3 Å². The Morgan fingerprint density at radius 2 is 1.87 bits per heavy atom. The molecule has 0 saturated carbocycles. The van der Waals surface area contributed by atoms with Crippen molar-refractivity contribution in [3.63, 3.8) is 0 Å². The highest BCUT2D eigenvalue weighted by Crippen LogP contribution is 2.37. The Morgan fingerprint density at radius 3 is 2.64 bits per heavy atom. The van der Waals surface area contributed by atoms with Gasteiger partial charge in [0.1, 0.15) is 45.9 Å². The lowest BCUT2D eigenvalue weighted by Gasteiger charge is -2.13. The fraction of sp³-hybridized carbons (Fsp3) is 0.121. The van der Waals surface area contributed by atoms with Crippen LogP contribution in [0.5, 0.6) is 11.5 Å². The number of anilines is 2. The van der Waals surface area contributed by atoms with Crippen LogP contribution in [0.1, 0.15) is 16.3 Å². The Morgan fingerprint density at radius 1 is 0.979 bits per heavy atom. The van der Waals surface area contributed by atoms with Gasteiger partial charge in [-0.15, -0.1) is 11.3 Å². The monoisotopic (exact) mass is 689 g/mol. The zero-order valence-electron chi connectivity index (χ0n) is 24.7. The van der Waals surface area contributed by atoms with Crippen LogP contribution in [-0.4, -0.2) is 46.9 Å². The average Bonchev–Trinajstić information content (AvgIpc) is 3.55. The fourth-order valence-corrected chi connectivity index (χ4v) is 6.08. The molecule has 6 aromatic rings. The topological polar surface area (TPSA) is 125 Å². The summed E-state index contributed by atoms with van der Waals surface area (Å²) in [5.41, 5.74) is 3.69. The number of pyridine rings is 1. The van der Waals surface area contributed by atoms with Gasteiger partial charge in [0.2, 0.25) is 10.3 Å². The molecule has 6 rings (SSSR count). The summed E-state index contributed by atoms with van der Waals surface area (Å²) in [5.74, 6) is 1.22. The molecular formula is C33H25ClFN5O5S2. The van der Waals surface area contributed by atoms with Crippen LogP contribution in [0.25, 0.3) is 22.2 Å². The molecule has 3 aromatic carbocycles. The first-order valence-electron chi connectivity index (χ1n) is 14.0. The smallest absolute Gasteiger partial charge is 0.221 e. The maximum absolute atomic E-state index is 13.5. The molecule has 0 atom stereocenters. The largest absolute Gasteiger partial charge is 0.496 e. The molecule has 1 N–H and O–H groups in total. The summed E-state index contributed by atoms with van der Waals surface area (Å²) in [6.45, 7) is 0.131. The zero-order valence-corrected chi connectivity index (χ0v) is 27.1. The standard InChI is InChI=1S/C33H25ClFN5O5S2/c1-43-30-14-27-24(13-23(30)28-18-46-32(40-28)17-44-16-31(47(41)42)26-7-2-3-10-36-26)33(38-19-37-27)39-22-8-9-29(25(34)12-22)45-15-20-5-4-6-21(35)11-20/h2-14,18-19H,15-17H2,1H3,(H,37,38,39). The molecule has 14 heteroatoms. The number of hydrogen-bond donors (Lipinski definition) is 1. The molecule has 0 fully saturated rings. The van der Waals surface area contributed by atoms with E-state index in [2.05, 4.69) is 20.3 Å². The molecule has 0 aliphatic rings. The molecule has 47 heavy (non-hydrogen) atoms. The van der Waals surface area contributed by atoms with Crippen LogP contribution in [0.4, 0.5) is 15.9 Å². The number of nitrogens with one attached hydrogen (secondary N) is 1. The van der Waals surface area contributed by atoms with Crippen LogP contribution >= 0.6 is 22.9 Å². The quantitative estimate of drug-likeness (QED) is 0.107. The summed E-state index contributed by atoms with van der Waals surface area (Å²) < 4.78 is 54.2. The summed E-state index contributed by atoms with van der Waals surface area (Å²) in [6.07, 6.45) is 2.97. The summed E-state index contributed by atoms with van der Waals surface area (Å²) in [4.78, 5) is 17.8. The number of rotatable bonds is 12. The van der Waals surface area contributed by atoms with Gasteiger partial charge in [0, 0.05) is 34.3 Å². The molecule has 3 heterocycles. The second kappa shape index (κ2) is 14.6. The predicted molar refractivity (Wildman–Crippen MR) is 180 cm³/mol. The molecular weight excluding hydrogens is 665 g/mol. The van der Waals surface area contributed by atoms with E-state index in [0.717, 1.165) is 0 Å². The number of nitrogens with zero attached hydrogens (tertiary/aromatic N) is 4. The highest BCUT2D eigenvalue weighted by molar-refractivity contribution is 7.73. The fourth-order valence-electron chi connectivity index (χ4n) is 4.64. The molecule has 0 spiro atoms. The van der Waals surface area contributed by atoms with Crippen molar-refractivity contribution in [1.82, 2.24) is 19.9 Å². The minimum atomic E-state index is -2.48. The van der Waals surface area contributed by atoms with Crippen molar-refractivity contribution in [2.75, 3.05) is 19.0 Å². The Hall–Kier alpha value is -4.95. The Bertz CT molecular complexity index is 2190. The summed E-state index contributed by atoms with van der Waals surface area (Å²) in [7, 11) is -0.912. The van der Waals surface area contributed by atoms with Crippen molar-refractivity contribution in [2.24, 2.45) is 0 Å². The van der Waals surface area contributed by atoms with Gasteiger partial charge in [-0.25, -0.2) is 19.3 Å². The molecule has 0 saturated heterocycles. The number of thiazole rings is 1. The van der Waals surface area contributed by atoms with Crippen LogP contribution in [0.15, 0.2) is 90.7 Å². The summed E-state index contributed by atoms with van der Waals surface area (Å²) in [6, 6.07) is 20.2. The van der Waals surface area contributed by atoms with Crippen LogP contribution in [-0.2, 0) is 28.2 Å². The van der Waals surface area contributed by atoms with E-state index in [9.17, 15) is 12.8 Å². The van der Waals surface area contributed by atoms with E-state index in [1.165, 1.54) is 36.0 Å². The maximum Gasteiger partial charge on any atom is 0.221 e. The van der Waals surface area contributed by atoms with E-state index in [1.807, 2.05) is 11.4 Å². The van der Waals surface area contributed by atoms with E-state index in [-0.39, 0.29) is 30.5 Å². The lowest BCUT2D eigenvalue weighted by atomic mass is 10.1. The SMILES string of the molecule is COc1cc2ncnc(Nc3ccc(OCc4cccc(F)c4)c(Cl)c3)c2cc1-c1csc(COCC(c2ccccn2)=S(=O)=O)n1. The summed E-state index contributed by atoms with van der Waals surface area (Å²) in [5, 5.41) is 6.91. The van der Waals surface area contributed by atoms with Gasteiger partial charge in [-0.05, 0) is 54.1 Å². The predicted octanol–water partition coefficient (Wildman–Crippen LogP) is 6.89. The van der Waals surface area contributed by atoms with Crippen molar-refractivity contribution >= 4 is 60.5 Å². The van der Waals surface area contributed by atoms with Gasteiger partial charge in [-0.3, -0.25) is 4.98 Å². The number of hydrogen-bond acceptors (Lipinski definition) is 11. The lowest BCUT2D eigenvalue weighted by Crippen LogP contribution is -2.13. The Labute approximate surface area is 279 Å². The van der Waals surface area contributed by atoms with Crippen molar-refractivity contribution < 1.29 is 27.0 Å². The molecule has 0 radical (unpaired) electrons. The minimum absolute atomic E-state index is 0.0610. The molecule has 0 amide bonds. The van der Waals surface area contributed by atoms with Crippen molar-refractivity contribution in [3.8, 4) is 22.8 Å². The van der Waals surface area contributed by atoms with Gasteiger partial charge in [0.25, 0.3) is 0 Å². The number of halogens is 2. The third-order valence-electron chi connectivity index (χ3n) is 6.87. The lowest BCUT2D eigenvalue weighted by molar-refractivity contribution is 0.159. The van der Waals surface area contributed by atoms with Gasteiger partial charge in [0.05, 0.1) is 42.3 Å². The minimum Gasteiger partial charge on any atom is -0.496 e. The first kappa shape index (κ1) is 32.0. The third-order valence-corrected chi connectivity index (χ3v) is 8.72. The van der Waals surface area contributed by atoms with E-state index in [1.54, 1.807) is 61.7 Å². The number of benzene rings is 3. The van der Waals surface area contributed by atoms with E-state index >= 15 is 0 Å². The van der Waals surface area contributed by atoms with Crippen molar-refractivity contribution in [1.29, 1.82) is 0 Å². The van der Waals surface area contributed by atoms with Crippen LogP contribution in [0.3, 0.4) is 0 Å². The normalized spacial score (nSPS) is 11.0. The first-order valence-corrected chi connectivity index (χ1v) is 16.4. The van der Waals surface area contributed by atoms with Gasteiger partial charge in [-0.1, -0.05) is 29.8 Å². The molecule has 0 aliphatic heterocycles. The van der Waals surface area contributed by atoms with Crippen molar-refractivity contribution in [3.05, 3.63) is 118 Å². The molecule has 238 valence electrons. The first-order chi connectivity index (χ1) is 22.9. The Kier molecular flexibility index (Phi) is 9.97. The van der Waals surface area contributed by atoms with Crippen LogP contribution in [0, 0.1) is 5.82 Å². The van der Waals surface area contributed by atoms with Gasteiger partial charge in [0.15, 0.2) is 0 Å². The van der Waals surface area contributed by atoms with Gasteiger partial charge < -0.3 is 19.5 Å². The second-order valence-electron chi connectivity index (χ2n) is 9.97. The molecule has 3 aromatic heterocycles. The van der Waals surface area contributed by atoms with E-state index in [4.69, 9.17) is 30.8 Å². The molecule has 0 unspecified atom stereocenters. The number of aromatic nitrogens is 4. The zero-order chi connectivity index (χ0) is 32.8.